The van der Waals surface area contributed by atoms with Crippen molar-refractivity contribution < 1.29 is 9.53 Å². The molecule has 0 spiro atoms. The third-order valence-electron chi connectivity index (χ3n) is 3.97. The van der Waals surface area contributed by atoms with Crippen molar-refractivity contribution >= 4 is 27.6 Å². The largest absolute Gasteiger partial charge is 0.474 e. The summed E-state index contributed by atoms with van der Waals surface area (Å²) in [7, 11) is 0. The molecule has 2 N–H and O–H groups in total. The van der Waals surface area contributed by atoms with E-state index in [1.165, 1.54) is 12.8 Å². The molecule has 0 atom stereocenters. The van der Waals surface area contributed by atoms with E-state index in [1.54, 1.807) is 6.20 Å². The van der Waals surface area contributed by atoms with Gasteiger partial charge in [-0.2, -0.15) is 0 Å². The molecule has 1 heterocycles. The van der Waals surface area contributed by atoms with Crippen LogP contribution in [0.4, 0.5) is 10.5 Å². The first-order valence-electron chi connectivity index (χ1n) is 8.12. The van der Waals surface area contributed by atoms with E-state index < -0.39 is 0 Å². The highest BCUT2D eigenvalue weighted by Crippen LogP contribution is 2.25. The maximum absolute atomic E-state index is 12.0. The standard InChI is InChI=1S/C18H20BrN3O2/c19-14-7-9-15(10-8-14)22-18(23)21-12-13-4-3-11-20-17(13)24-16-5-1-2-6-16/h3-4,7-11,16H,1-2,5-6,12H2,(H2,21,22,23). The van der Waals surface area contributed by atoms with E-state index in [0.29, 0.717) is 12.4 Å². The SMILES string of the molecule is O=C(NCc1cccnc1OC1CCCC1)Nc1ccc(Br)cc1. The number of hydrogen-bond donors (Lipinski definition) is 2. The zero-order valence-electron chi connectivity index (χ0n) is 13.3. The monoisotopic (exact) mass is 389 g/mol. The Hall–Kier alpha value is -2.08. The molecule has 0 bridgehead atoms. The normalized spacial score (nSPS) is 14.4. The Morgan fingerprint density at radius 1 is 1.21 bits per heavy atom. The number of amides is 2. The van der Waals surface area contributed by atoms with E-state index in [2.05, 4.69) is 31.5 Å². The summed E-state index contributed by atoms with van der Waals surface area (Å²) in [5, 5.41) is 5.65. The van der Waals surface area contributed by atoms with Crippen LogP contribution in [0.25, 0.3) is 0 Å². The molecule has 3 rings (SSSR count). The van der Waals surface area contributed by atoms with Gasteiger partial charge in [-0.15, -0.1) is 0 Å². The summed E-state index contributed by atoms with van der Waals surface area (Å²) >= 11 is 3.37. The number of benzene rings is 1. The van der Waals surface area contributed by atoms with Gasteiger partial charge in [0.25, 0.3) is 0 Å². The van der Waals surface area contributed by atoms with Crippen molar-refractivity contribution in [2.75, 3.05) is 5.32 Å². The number of ether oxygens (including phenoxy) is 1. The molecule has 1 aliphatic carbocycles. The van der Waals surface area contributed by atoms with Gasteiger partial charge in [-0.05, 0) is 56.0 Å². The Morgan fingerprint density at radius 2 is 1.96 bits per heavy atom. The lowest BCUT2D eigenvalue weighted by atomic mass is 10.2. The van der Waals surface area contributed by atoms with Crippen LogP contribution in [0.1, 0.15) is 31.2 Å². The fourth-order valence-corrected chi connectivity index (χ4v) is 2.98. The highest BCUT2D eigenvalue weighted by atomic mass is 79.9. The molecule has 1 aliphatic rings. The van der Waals surface area contributed by atoms with Gasteiger partial charge in [-0.25, -0.2) is 9.78 Å². The third kappa shape index (κ3) is 4.71. The number of nitrogens with zero attached hydrogens (tertiary/aromatic N) is 1. The number of carbonyl (C=O) groups excluding carboxylic acids is 1. The van der Waals surface area contributed by atoms with Crippen LogP contribution in [0.15, 0.2) is 47.1 Å². The zero-order valence-corrected chi connectivity index (χ0v) is 14.9. The van der Waals surface area contributed by atoms with Gasteiger partial charge in [0.05, 0.1) is 0 Å². The van der Waals surface area contributed by atoms with Crippen LogP contribution in [-0.2, 0) is 6.54 Å². The number of nitrogens with one attached hydrogen (secondary N) is 2. The Bertz CT molecular complexity index is 685. The molecule has 1 aromatic heterocycles. The Kier molecular flexibility index (Phi) is 5.69. The van der Waals surface area contributed by atoms with E-state index in [1.807, 2.05) is 36.4 Å². The van der Waals surface area contributed by atoms with E-state index in [4.69, 9.17) is 4.74 Å². The topological polar surface area (TPSA) is 63.2 Å². The van der Waals surface area contributed by atoms with Crippen LogP contribution < -0.4 is 15.4 Å². The molecule has 126 valence electrons. The minimum atomic E-state index is -0.256. The predicted octanol–water partition coefficient (Wildman–Crippen LogP) is 4.49. The average molecular weight is 390 g/mol. The highest BCUT2D eigenvalue weighted by Gasteiger charge is 2.18. The van der Waals surface area contributed by atoms with Gasteiger partial charge < -0.3 is 15.4 Å². The number of urea groups is 1. The number of anilines is 1. The van der Waals surface area contributed by atoms with Gasteiger partial charge in [0.15, 0.2) is 0 Å². The maximum atomic E-state index is 12.0. The Morgan fingerprint density at radius 3 is 2.71 bits per heavy atom. The number of carbonyl (C=O) groups is 1. The molecular formula is C18H20BrN3O2. The number of aromatic nitrogens is 1. The number of rotatable bonds is 5. The Labute approximate surface area is 149 Å². The van der Waals surface area contributed by atoms with E-state index in [-0.39, 0.29) is 12.1 Å². The van der Waals surface area contributed by atoms with Crippen LogP contribution >= 0.6 is 15.9 Å². The molecule has 0 radical (unpaired) electrons. The second-order valence-corrected chi connectivity index (χ2v) is 6.72. The predicted molar refractivity (Wildman–Crippen MR) is 97.1 cm³/mol. The molecule has 5 nitrogen and oxygen atoms in total. The van der Waals surface area contributed by atoms with Crippen molar-refractivity contribution in [3.8, 4) is 5.88 Å². The van der Waals surface area contributed by atoms with Gasteiger partial charge in [-0.3, -0.25) is 0 Å². The molecular weight excluding hydrogens is 370 g/mol. The first kappa shape index (κ1) is 16.8. The summed E-state index contributed by atoms with van der Waals surface area (Å²) in [6.07, 6.45) is 6.54. The van der Waals surface area contributed by atoms with Gasteiger partial charge >= 0.3 is 6.03 Å². The zero-order chi connectivity index (χ0) is 16.8. The average Bonchev–Trinajstić information content (AvgIpc) is 3.09. The molecule has 2 amide bonds. The quantitative estimate of drug-likeness (QED) is 0.791. The van der Waals surface area contributed by atoms with Gasteiger partial charge in [0.1, 0.15) is 6.10 Å². The minimum absolute atomic E-state index is 0.246. The second-order valence-electron chi connectivity index (χ2n) is 5.81. The van der Waals surface area contributed by atoms with E-state index in [0.717, 1.165) is 28.6 Å². The lowest BCUT2D eigenvalue weighted by Gasteiger charge is -2.15. The fraction of sp³-hybridized carbons (Fsp3) is 0.333. The number of halogens is 1. The molecule has 0 aliphatic heterocycles. The number of hydrogen-bond acceptors (Lipinski definition) is 3. The molecule has 2 aromatic rings. The van der Waals surface area contributed by atoms with Crippen molar-refractivity contribution in [2.45, 2.75) is 38.3 Å². The molecule has 24 heavy (non-hydrogen) atoms. The fourth-order valence-electron chi connectivity index (χ4n) is 2.71. The first-order valence-corrected chi connectivity index (χ1v) is 8.91. The summed E-state index contributed by atoms with van der Waals surface area (Å²) in [6, 6.07) is 11.0. The third-order valence-corrected chi connectivity index (χ3v) is 4.50. The molecule has 0 saturated heterocycles. The van der Waals surface area contributed by atoms with Crippen LogP contribution in [0.2, 0.25) is 0 Å². The van der Waals surface area contributed by atoms with Crippen LogP contribution in [-0.4, -0.2) is 17.1 Å². The van der Waals surface area contributed by atoms with Crippen molar-refractivity contribution in [1.29, 1.82) is 0 Å². The van der Waals surface area contributed by atoms with Crippen molar-refractivity contribution in [3.05, 3.63) is 52.6 Å². The smallest absolute Gasteiger partial charge is 0.319 e. The second kappa shape index (κ2) is 8.15. The van der Waals surface area contributed by atoms with Crippen LogP contribution in [0, 0.1) is 0 Å². The lowest BCUT2D eigenvalue weighted by molar-refractivity contribution is 0.199. The summed E-state index contributed by atoms with van der Waals surface area (Å²) < 4.78 is 6.95. The minimum Gasteiger partial charge on any atom is -0.474 e. The van der Waals surface area contributed by atoms with Gasteiger partial charge in [-0.1, -0.05) is 22.0 Å². The number of pyridine rings is 1. The molecule has 0 unspecified atom stereocenters. The van der Waals surface area contributed by atoms with E-state index in [9.17, 15) is 4.79 Å². The van der Waals surface area contributed by atoms with Crippen molar-refractivity contribution in [2.24, 2.45) is 0 Å². The van der Waals surface area contributed by atoms with Crippen molar-refractivity contribution in [1.82, 2.24) is 10.3 Å². The first-order chi connectivity index (χ1) is 11.7. The van der Waals surface area contributed by atoms with Gasteiger partial charge in [0.2, 0.25) is 5.88 Å². The van der Waals surface area contributed by atoms with E-state index >= 15 is 0 Å². The summed E-state index contributed by atoms with van der Waals surface area (Å²) in [4.78, 5) is 16.3. The van der Waals surface area contributed by atoms with Crippen LogP contribution in [0.5, 0.6) is 5.88 Å². The molecule has 1 fully saturated rings. The summed E-state index contributed by atoms with van der Waals surface area (Å²) in [5.41, 5.74) is 1.62. The van der Waals surface area contributed by atoms with Crippen LogP contribution in [0.3, 0.4) is 0 Å². The lowest BCUT2D eigenvalue weighted by Crippen LogP contribution is -2.28. The summed E-state index contributed by atoms with van der Waals surface area (Å²) in [5.74, 6) is 0.619. The molecule has 6 heteroatoms. The Balaban J connectivity index is 1.55. The molecule has 1 saturated carbocycles. The molecule has 1 aromatic carbocycles. The highest BCUT2D eigenvalue weighted by molar-refractivity contribution is 9.10. The van der Waals surface area contributed by atoms with Gasteiger partial charge in [0, 0.05) is 28.5 Å². The maximum Gasteiger partial charge on any atom is 0.319 e. The summed E-state index contributed by atoms with van der Waals surface area (Å²) in [6.45, 7) is 0.373. The van der Waals surface area contributed by atoms with Crippen molar-refractivity contribution in [3.63, 3.8) is 0 Å².